The van der Waals surface area contributed by atoms with Gasteiger partial charge in [-0.1, -0.05) is 0 Å². The standard InChI is InChI=1S/C40H38F3N11O4/c1-4-54-36-34(22-47-38(54)56)46-21-33(51-36)30-14-15-32(49-25(30)2)35-48-24-53(52-35)16-6-5-7-17-58-39(3,23-57-29-12-8-26(19-44)9-13-29)37(55)50-28-11-10-27(20-45)31(18-28)40(41,42)43/h8-15,18,21,24H,4-7,16-17,22-23H2,1-3H3,(H,47,56)(H,50,55). The molecule has 1 aliphatic rings. The van der Waals surface area contributed by atoms with Gasteiger partial charge in [0.15, 0.2) is 17.2 Å². The third-order valence-corrected chi connectivity index (χ3v) is 9.31. The smallest absolute Gasteiger partial charge is 0.417 e. The van der Waals surface area contributed by atoms with E-state index in [1.807, 2.05) is 26.0 Å². The van der Waals surface area contributed by atoms with Gasteiger partial charge in [-0.05, 0) is 94.6 Å². The van der Waals surface area contributed by atoms with E-state index in [0.29, 0.717) is 90.7 Å². The predicted octanol–water partition coefficient (Wildman–Crippen LogP) is 6.58. The number of rotatable bonds is 15. The number of aryl methyl sites for hydroxylation is 2. The molecule has 58 heavy (non-hydrogen) atoms. The molecule has 3 amide bonds. The van der Waals surface area contributed by atoms with Crippen molar-refractivity contribution >= 4 is 23.4 Å². The fourth-order valence-electron chi connectivity index (χ4n) is 6.08. The summed E-state index contributed by atoms with van der Waals surface area (Å²) in [7, 11) is 0. The number of hydrogen-bond acceptors (Lipinski definition) is 11. The number of fused-ring (bicyclic) bond motifs is 1. The lowest BCUT2D eigenvalue weighted by atomic mass is 10.0. The van der Waals surface area contributed by atoms with Crippen molar-refractivity contribution in [2.75, 3.05) is 30.0 Å². The van der Waals surface area contributed by atoms with Crippen molar-refractivity contribution in [2.24, 2.45) is 0 Å². The fraction of sp³-hybridized carbons (Fsp3) is 0.325. The highest BCUT2D eigenvalue weighted by molar-refractivity contribution is 5.97. The van der Waals surface area contributed by atoms with Gasteiger partial charge in [0.2, 0.25) is 0 Å². The van der Waals surface area contributed by atoms with Gasteiger partial charge in [-0.3, -0.25) is 19.4 Å². The van der Waals surface area contributed by atoms with Crippen LogP contribution in [0.5, 0.6) is 5.75 Å². The maximum atomic E-state index is 13.6. The summed E-state index contributed by atoms with van der Waals surface area (Å²) in [5.41, 5.74) is 0.177. The van der Waals surface area contributed by atoms with Gasteiger partial charge in [0, 0.05) is 36.6 Å². The van der Waals surface area contributed by atoms with E-state index in [4.69, 9.17) is 30.0 Å². The second kappa shape index (κ2) is 17.5. The second-order valence-corrected chi connectivity index (χ2v) is 13.5. The van der Waals surface area contributed by atoms with Crippen LogP contribution in [0.25, 0.3) is 22.8 Å². The number of carbonyl (C=O) groups is 2. The number of hydrogen-bond donors (Lipinski definition) is 2. The van der Waals surface area contributed by atoms with Crippen LogP contribution in [-0.2, 0) is 28.8 Å². The van der Waals surface area contributed by atoms with E-state index in [0.717, 1.165) is 11.6 Å². The minimum Gasteiger partial charge on any atom is -0.490 e. The van der Waals surface area contributed by atoms with Crippen LogP contribution in [0.4, 0.5) is 29.5 Å². The average Bonchev–Trinajstić information content (AvgIpc) is 3.70. The molecule has 18 heteroatoms. The molecule has 0 aliphatic carbocycles. The molecule has 0 fully saturated rings. The summed E-state index contributed by atoms with van der Waals surface area (Å²) >= 11 is 0. The lowest BCUT2D eigenvalue weighted by Gasteiger charge is -2.29. The van der Waals surface area contributed by atoms with Gasteiger partial charge in [-0.25, -0.2) is 19.7 Å². The molecule has 298 valence electrons. The van der Waals surface area contributed by atoms with Crippen molar-refractivity contribution in [1.29, 1.82) is 10.5 Å². The number of aromatic nitrogens is 6. The number of pyridine rings is 1. The molecule has 2 aromatic carbocycles. The molecule has 2 N–H and O–H groups in total. The number of alkyl halides is 3. The van der Waals surface area contributed by atoms with Crippen LogP contribution in [0.1, 0.15) is 61.2 Å². The van der Waals surface area contributed by atoms with Gasteiger partial charge in [0.1, 0.15) is 30.1 Å². The minimum absolute atomic E-state index is 0.123. The molecule has 4 heterocycles. The molecule has 0 spiro atoms. The highest BCUT2D eigenvalue weighted by Gasteiger charge is 2.37. The summed E-state index contributed by atoms with van der Waals surface area (Å²) in [5.74, 6) is 0.575. The molecule has 0 saturated heterocycles. The molecule has 1 aliphatic heterocycles. The number of benzene rings is 2. The molecule has 0 saturated carbocycles. The van der Waals surface area contributed by atoms with E-state index in [9.17, 15) is 22.8 Å². The van der Waals surface area contributed by atoms with Gasteiger partial charge >= 0.3 is 12.2 Å². The Hall–Kier alpha value is -6.92. The van der Waals surface area contributed by atoms with Gasteiger partial charge in [-0.2, -0.15) is 23.7 Å². The van der Waals surface area contributed by atoms with Crippen molar-refractivity contribution in [3.05, 3.63) is 95.2 Å². The Morgan fingerprint density at radius 1 is 1.00 bits per heavy atom. The summed E-state index contributed by atoms with van der Waals surface area (Å²) < 4.78 is 54.4. The van der Waals surface area contributed by atoms with Crippen LogP contribution in [0, 0.1) is 29.6 Å². The summed E-state index contributed by atoms with van der Waals surface area (Å²) in [6, 6.07) is 16.1. The molecule has 15 nitrogen and oxygen atoms in total. The Labute approximate surface area is 331 Å². The first kappa shape index (κ1) is 40.7. The third kappa shape index (κ3) is 9.36. The van der Waals surface area contributed by atoms with Crippen LogP contribution in [0.3, 0.4) is 0 Å². The van der Waals surface area contributed by atoms with Crippen molar-refractivity contribution < 1.29 is 32.2 Å². The molecule has 3 aromatic heterocycles. The molecule has 5 aromatic rings. The van der Waals surface area contributed by atoms with Crippen LogP contribution in [0.15, 0.2) is 67.1 Å². The monoisotopic (exact) mass is 793 g/mol. The summed E-state index contributed by atoms with van der Waals surface area (Å²) in [6.45, 7) is 6.33. The molecule has 0 bridgehead atoms. The summed E-state index contributed by atoms with van der Waals surface area (Å²) in [4.78, 5) is 45.8. The number of nitrogens with one attached hydrogen (secondary N) is 2. The molecule has 0 radical (unpaired) electrons. The first-order valence-electron chi connectivity index (χ1n) is 18.3. The van der Waals surface area contributed by atoms with Gasteiger partial charge < -0.3 is 20.1 Å². The van der Waals surface area contributed by atoms with E-state index in [1.54, 1.807) is 52.4 Å². The quantitative estimate of drug-likeness (QED) is 0.109. The topological polar surface area (TPSA) is 197 Å². The maximum absolute atomic E-state index is 13.6. The molecule has 1 atom stereocenters. The van der Waals surface area contributed by atoms with Gasteiger partial charge in [0.25, 0.3) is 5.91 Å². The lowest BCUT2D eigenvalue weighted by Crippen LogP contribution is -2.48. The van der Waals surface area contributed by atoms with Crippen LogP contribution >= 0.6 is 0 Å². The SMILES string of the molecule is CCN1C(=O)NCc2ncc(-c3ccc(-c4ncn(CCCCCOC(C)(COc5ccc(C#N)cc5)C(=O)Nc5ccc(C#N)c(C(F)(F)F)c5)n4)nc3C)nc21. The minimum atomic E-state index is -4.81. The van der Waals surface area contributed by atoms with Crippen LogP contribution in [-0.4, -0.2) is 67.0 Å². The van der Waals surface area contributed by atoms with Crippen molar-refractivity contribution in [2.45, 2.75) is 64.9 Å². The zero-order valence-corrected chi connectivity index (χ0v) is 31.8. The maximum Gasteiger partial charge on any atom is 0.417 e. The number of nitrogens with zero attached hydrogens (tertiary/aromatic N) is 9. The number of unbranched alkanes of at least 4 members (excludes halogenated alkanes) is 2. The summed E-state index contributed by atoms with van der Waals surface area (Å²) in [6.07, 6.45) is 0.380. The summed E-state index contributed by atoms with van der Waals surface area (Å²) in [5, 5.41) is 28.1. The zero-order chi connectivity index (χ0) is 41.5. The number of halogens is 3. The number of ether oxygens (including phenoxy) is 2. The Bertz CT molecular complexity index is 2390. The lowest BCUT2D eigenvalue weighted by molar-refractivity contribution is -0.143. The van der Waals surface area contributed by atoms with Crippen LogP contribution < -0.4 is 20.3 Å². The van der Waals surface area contributed by atoms with E-state index in [-0.39, 0.29) is 24.9 Å². The van der Waals surface area contributed by atoms with Gasteiger partial charge in [0.05, 0.1) is 47.3 Å². The first-order valence-corrected chi connectivity index (χ1v) is 18.3. The molecule has 1 unspecified atom stereocenters. The number of urea groups is 1. The van der Waals surface area contributed by atoms with E-state index < -0.39 is 28.8 Å². The number of carbonyl (C=O) groups excluding carboxylic acids is 2. The van der Waals surface area contributed by atoms with Crippen molar-refractivity contribution in [3.8, 4) is 40.7 Å². The second-order valence-electron chi connectivity index (χ2n) is 13.5. The first-order chi connectivity index (χ1) is 27.8. The van der Waals surface area contributed by atoms with E-state index in [2.05, 4.69) is 25.7 Å². The third-order valence-electron chi connectivity index (χ3n) is 9.31. The highest BCUT2D eigenvalue weighted by Crippen LogP contribution is 2.34. The average molecular weight is 794 g/mol. The molecular formula is C40H38F3N11O4. The largest absolute Gasteiger partial charge is 0.490 e. The Morgan fingerprint density at radius 2 is 1.79 bits per heavy atom. The van der Waals surface area contributed by atoms with Crippen molar-refractivity contribution in [3.63, 3.8) is 0 Å². The number of anilines is 2. The van der Waals surface area contributed by atoms with E-state index in [1.165, 1.54) is 19.1 Å². The Kier molecular flexibility index (Phi) is 12.3. The van der Waals surface area contributed by atoms with Crippen molar-refractivity contribution in [1.82, 2.24) is 35.0 Å². The predicted molar refractivity (Wildman–Crippen MR) is 204 cm³/mol. The van der Waals surface area contributed by atoms with Crippen LogP contribution in [0.2, 0.25) is 0 Å². The van der Waals surface area contributed by atoms with E-state index >= 15 is 0 Å². The fourth-order valence-corrected chi connectivity index (χ4v) is 6.08. The molecular weight excluding hydrogens is 756 g/mol. The number of nitriles is 2. The zero-order valence-electron chi connectivity index (χ0n) is 31.8. The van der Waals surface area contributed by atoms with Gasteiger partial charge in [-0.15, -0.1) is 5.10 Å². The Morgan fingerprint density at radius 3 is 2.50 bits per heavy atom. The number of amides is 3. The molecule has 6 rings (SSSR count). The normalized spacial score (nSPS) is 13.4. The Balaban J connectivity index is 1.05. The highest BCUT2D eigenvalue weighted by atomic mass is 19.4.